The lowest BCUT2D eigenvalue weighted by Crippen LogP contribution is -2.40. The molecular weight excluding hydrogens is 534 g/mol. The summed E-state index contributed by atoms with van der Waals surface area (Å²) in [6.45, 7) is 8.48. The van der Waals surface area contributed by atoms with Crippen molar-refractivity contribution in [2.24, 2.45) is 5.92 Å². The number of carbonyl (C=O) groups excluding carboxylic acids is 3. The molecule has 0 saturated carbocycles. The Morgan fingerprint density at radius 3 is 2.28 bits per heavy atom. The van der Waals surface area contributed by atoms with E-state index in [1.54, 1.807) is 39.2 Å². The summed E-state index contributed by atoms with van der Waals surface area (Å²) in [5.74, 6) is 0.402. The molecule has 14 heteroatoms. The minimum Gasteiger partial charge on any atom is -0.464 e. The molecule has 0 aliphatic heterocycles. The Morgan fingerprint density at radius 1 is 1.15 bits per heavy atom. The van der Waals surface area contributed by atoms with Crippen LogP contribution in [0.1, 0.15) is 34.6 Å². The predicted molar refractivity (Wildman–Crippen MR) is 141 cm³/mol. The Morgan fingerprint density at radius 2 is 1.77 bits per heavy atom. The fourth-order valence-electron chi connectivity index (χ4n) is 3.39. The molecule has 2 aromatic heterocycles. The highest BCUT2D eigenvalue weighted by atomic mass is 35.5. The van der Waals surface area contributed by atoms with Crippen LogP contribution in [-0.4, -0.2) is 89.3 Å². The lowest BCUT2D eigenvalue weighted by atomic mass is 10.0. The van der Waals surface area contributed by atoms with E-state index in [-0.39, 0.29) is 37.5 Å². The van der Waals surface area contributed by atoms with Crippen molar-refractivity contribution in [2.45, 2.75) is 59.0 Å². The number of carbonyl (C=O) groups is 3. The van der Waals surface area contributed by atoms with E-state index in [4.69, 9.17) is 41.7 Å². The van der Waals surface area contributed by atoms with Crippen LogP contribution >= 0.6 is 11.6 Å². The number of amides is 1. The van der Waals surface area contributed by atoms with Crippen molar-refractivity contribution in [1.29, 1.82) is 0 Å². The molecule has 2 aromatic rings. The van der Waals surface area contributed by atoms with E-state index in [9.17, 15) is 14.4 Å². The predicted octanol–water partition coefficient (Wildman–Crippen LogP) is 2.63. The molecule has 1 amide bonds. The van der Waals surface area contributed by atoms with E-state index in [0.29, 0.717) is 11.2 Å². The second-order valence-corrected chi connectivity index (χ2v) is 9.53. The fraction of sp³-hybridized carbons (Fsp3) is 0.600. The molecule has 0 N–H and O–H groups in total. The van der Waals surface area contributed by atoms with E-state index >= 15 is 0 Å². The third-order valence-corrected chi connectivity index (χ3v) is 5.36. The van der Waals surface area contributed by atoms with E-state index in [1.165, 1.54) is 25.4 Å². The second-order valence-electron chi connectivity index (χ2n) is 9.19. The molecule has 0 aromatic carbocycles. The normalized spacial score (nSPS) is 13.0. The number of esters is 2. The van der Waals surface area contributed by atoms with Crippen LogP contribution in [-0.2, 0) is 39.8 Å². The molecule has 214 valence electrons. The molecule has 39 heavy (non-hydrogen) atoms. The van der Waals surface area contributed by atoms with Gasteiger partial charge in [-0.1, -0.05) is 5.92 Å². The van der Waals surface area contributed by atoms with E-state index in [2.05, 4.69) is 20.9 Å². The molecule has 0 fully saturated rings. The molecule has 13 nitrogen and oxygen atoms in total. The zero-order chi connectivity index (χ0) is 29.3. The first-order chi connectivity index (χ1) is 18.4. The SMILES string of the molecule is C#CC(Cn1cnc2c(N(C)C(=O)OC(C)(C)C)nc(Cl)nc21)C(COC(C(=O)OCC)C(=O)OCC)OC. The lowest BCUT2D eigenvalue weighted by Gasteiger charge is -2.24. The highest BCUT2D eigenvalue weighted by molar-refractivity contribution is 6.28. The van der Waals surface area contributed by atoms with Gasteiger partial charge in [0.25, 0.3) is 6.10 Å². The summed E-state index contributed by atoms with van der Waals surface area (Å²) < 4.78 is 28.0. The monoisotopic (exact) mass is 567 g/mol. The molecule has 2 atom stereocenters. The summed E-state index contributed by atoms with van der Waals surface area (Å²) in [4.78, 5) is 51.1. The molecule has 0 spiro atoms. The van der Waals surface area contributed by atoms with Crippen LogP contribution in [0.5, 0.6) is 0 Å². The number of methoxy groups -OCH3 is 1. The zero-order valence-corrected chi connectivity index (χ0v) is 23.9. The van der Waals surface area contributed by atoms with E-state index in [0.717, 1.165) is 0 Å². The number of fused-ring (bicyclic) bond motifs is 1. The van der Waals surface area contributed by atoms with Gasteiger partial charge in [-0.25, -0.2) is 19.4 Å². The molecule has 0 saturated heterocycles. The van der Waals surface area contributed by atoms with E-state index in [1.807, 2.05) is 0 Å². The summed E-state index contributed by atoms with van der Waals surface area (Å²) in [7, 11) is 2.90. The Hall–Kier alpha value is -3.47. The van der Waals surface area contributed by atoms with Crippen LogP contribution in [0.15, 0.2) is 6.33 Å². The Kier molecular flexibility index (Phi) is 11.5. The summed E-state index contributed by atoms with van der Waals surface area (Å²) in [6, 6.07) is 0. The minimum absolute atomic E-state index is 0.0575. The standard InChI is InChI=1S/C25H34ClN5O8/c1-9-15(16(35-8)13-38-18(21(32)36-10-2)22(33)37-11-3)12-31-14-27-17-19(28-23(26)29-20(17)31)30(7)24(34)39-25(4,5)6/h1,14-16,18H,10-13H2,2-8H3. The number of ether oxygens (including phenoxy) is 5. The van der Waals surface area contributed by atoms with Gasteiger partial charge in [0.05, 0.1) is 38.2 Å². The number of anilines is 1. The smallest absolute Gasteiger partial charge is 0.415 e. The Labute approximate surface area is 232 Å². The maximum absolute atomic E-state index is 12.6. The lowest BCUT2D eigenvalue weighted by molar-refractivity contribution is -0.175. The molecule has 2 unspecified atom stereocenters. The number of aromatic nitrogens is 4. The van der Waals surface area contributed by atoms with E-state index < -0.39 is 41.8 Å². The van der Waals surface area contributed by atoms with Crippen molar-refractivity contribution in [3.8, 4) is 12.3 Å². The largest absolute Gasteiger partial charge is 0.464 e. The van der Waals surface area contributed by atoms with Gasteiger partial charge in [0.2, 0.25) is 5.28 Å². The van der Waals surface area contributed by atoms with Crippen LogP contribution in [0.4, 0.5) is 10.6 Å². The highest BCUT2D eigenvalue weighted by Gasteiger charge is 2.33. The van der Waals surface area contributed by atoms with Crippen molar-refractivity contribution >= 4 is 46.6 Å². The Bertz CT molecular complexity index is 1190. The first-order valence-electron chi connectivity index (χ1n) is 12.2. The molecule has 2 rings (SSSR count). The minimum atomic E-state index is -1.59. The molecule has 0 aliphatic rings. The molecular formula is C25H34ClN5O8. The van der Waals surface area contributed by atoms with Gasteiger partial charge in [-0.2, -0.15) is 9.97 Å². The Balaban J connectivity index is 2.29. The summed E-state index contributed by atoms with van der Waals surface area (Å²) in [6.07, 6.45) is 4.29. The van der Waals surface area contributed by atoms with Crippen molar-refractivity contribution in [3.63, 3.8) is 0 Å². The third-order valence-electron chi connectivity index (χ3n) is 5.19. The number of rotatable bonds is 12. The number of halogens is 1. The molecule has 2 heterocycles. The first kappa shape index (κ1) is 31.7. The van der Waals surface area contributed by atoms with Gasteiger partial charge in [-0.05, 0) is 46.2 Å². The van der Waals surface area contributed by atoms with Gasteiger partial charge < -0.3 is 28.3 Å². The first-order valence-corrected chi connectivity index (χ1v) is 12.5. The van der Waals surface area contributed by atoms with Gasteiger partial charge in [0.1, 0.15) is 5.60 Å². The summed E-state index contributed by atoms with van der Waals surface area (Å²) in [5, 5.41) is -0.120. The number of terminal acetylenes is 1. The van der Waals surface area contributed by atoms with Crippen molar-refractivity contribution < 1.29 is 38.1 Å². The number of hydrogen-bond acceptors (Lipinski definition) is 11. The topological polar surface area (TPSA) is 144 Å². The quantitative estimate of drug-likeness (QED) is 0.123. The maximum atomic E-state index is 12.6. The molecule has 0 radical (unpaired) electrons. The number of hydrogen-bond donors (Lipinski definition) is 0. The average molecular weight is 568 g/mol. The van der Waals surface area contributed by atoms with Gasteiger partial charge in [0.15, 0.2) is 17.0 Å². The van der Waals surface area contributed by atoms with Crippen molar-refractivity contribution in [3.05, 3.63) is 11.6 Å². The van der Waals surface area contributed by atoms with Crippen LogP contribution < -0.4 is 4.90 Å². The molecule has 0 bridgehead atoms. The van der Waals surface area contributed by atoms with Crippen molar-refractivity contribution in [2.75, 3.05) is 38.9 Å². The third kappa shape index (κ3) is 8.51. The second kappa shape index (κ2) is 14.1. The zero-order valence-electron chi connectivity index (χ0n) is 23.1. The van der Waals surface area contributed by atoms with Gasteiger partial charge in [-0.15, -0.1) is 6.42 Å². The molecule has 0 aliphatic carbocycles. The van der Waals surface area contributed by atoms with Gasteiger partial charge >= 0.3 is 18.0 Å². The summed E-state index contributed by atoms with van der Waals surface area (Å²) >= 11 is 6.18. The maximum Gasteiger partial charge on any atom is 0.415 e. The van der Waals surface area contributed by atoms with Crippen LogP contribution in [0.3, 0.4) is 0 Å². The average Bonchev–Trinajstić information content (AvgIpc) is 3.26. The van der Waals surface area contributed by atoms with Crippen LogP contribution in [0.25, 0.3) is 11.2 Å². The highest BCUT2D eigenvalue weighted by Crippen LogP contribution is 2.26. The van der Waals surface area contributed by atoms with Gasteiger partial charge in [-0.3, -0.25) is 4.90 Å². The van der Waals surface area contributed by atoms with Crippen LogP contribution in [0, 0.1) is 18.3 Å². The van der Waals surface area contributed by atoms with Crippen LogP contribution in [0.2, 0.25) is 5.28 Å². The van der Waals surface area contributed by atoms with Crippen molar-refractivity contribution in [1.82, 2.24) is 19.5 Å². The number of nitrogens with zero attached hydrogens (tertiary/aromatic N) is 5. The summed E-state index contributed by atoms with van der Waals surface area (Å²) in [5.41, 5.74) is -0.122. The van der Waals surface area contributed by atoms with Gasteiger partial charge in [0, 0.05) is 20.7 Å². The fourth-order valence-corrected chi connectivity index (χ4v) is 3.55. The number of imidazole rings is 1.